The first-order valence-corrected chi connectivity index (χ1v) is 10.3. The summed E-state index contributed by atoms with van der Waals surface area (Å²) >= 11 is 7.19. The molecule has 0 saturated carbocycles. The van der Waals surface area contributed by atoms with Crippen molar-refractivity contribution >= 4 is 34.0 Å². The largest absolute Gasteiger partial charge is 0.416 e. The van der Waals surface area contributed by atoms with Crippen LogP contribution in [0.5, 0.6) is 0 Å². The summed E-state index contributed by atoms with van der Waals surface area (Å²) in [7, 11) is 0. The number of hydrogen-bond donors (Lipinski definition) is 2. The molecule has 4 aromatic rings. The maximum absolute atomic E-state index is 12.9. The number of aromatic amines is 1. The van der Waals surface area contributed by atoms with Gasteiger partial charge in [-0.05, 0) is 23.8 Å². The molecule has 0 saturated heterocycles. The summed E-state index contributed by atoms with van der Waals surface area (Å²) in [5.74, 6) is 0.504. The Morgan fingerprint density at radius 2 is 2.12 bits per heavy atom. The third-order valence-corrected chi connectivity index (χ3v) is 5.48. The van der Waals surface area contributed by atoms with Crippen molar-refractivity contribution in [2.45, 2.75) is 25.4 Å². The Balaban J connectivity index is 1.33. The normalized spacial score (nSPS) is 11.6. The van der Waals surface area contributed by atoms with Crippen LogP contribution in [0.1, 0.15) is 28.3 Å². The number of carbonyl (C=O) groups excluding carboxylic acids is 1. The number of rotatable bonds is 7. The monoisotopic (exact) mass is 483 g/mol. The molecule has 3 aromatic heterocycles. The number of nitrogens with zero attached hydrogens (tertiary/aromatic N) is 5. The average molecular weight is 484 g/mol. The molecule has 0 aliphatic carbocycles. The number of nitrogens with one attached hydrogen (secondary N) is 2. The van der Waals surface area contributed by atoms with Gasteiger partial charge in [-0.1, -0.05) is 16.8 Å². The van der Waals surface area contributed by atoms with Crippen LogP contribution in [0.2, 0.25) is 5.02 Å². The molecule has 0 aliphatic rings. The summed E-state index contributed by atoms with van der Waals surface area (Å²) in [6.07, 6.45) is -1.25. The highest BCUT2D eigenvalue weighted by Crippen LogP contribution is 2.33. The van der Waals surface area contributed by atoms with Gasteiger partial charge in [-0.25, -0.2) is 9.97 Å². The molecule has 0 aliphatic heterocycles. The van der Waals surface area contributed by atoms with Gasteiger partial charge in [0.25, 0.3) is 0 Å². The van der Waals surface area contributed by atoms with Crippen LogP contribution in [0, 0.1) is 0 Å². The fourth-order valence-corrected chi connectivity index (χ4v) is 3.73. The predicted octanol–water partition coefficient (Wildman–Crippen LogP) is 4.15. The molecule has 0 atom stereocenters. The fraction of sp³-hybridized carbons (Fsp3) is 0.222. The van der Waals surface area contributed by atoms with Gasteiger partial charge in [0.05, 0.1) is 5.56 Å². The number of benzene rings is 1. The Labute approximate surface area is 187 Å². The molecule has 32 heavy (non-hydrogen) atoms. The smallest absolute Gasteiger partial charge is 0.339 e. The van der Waals surface area contributed by atoms with Crippen LogP contribution < -0.4 is 5.32 Å². The summed E-state index contributed by atoms with van der Waals surface area (Å²) in [4.78, 5) is 25.0. The van der Waals surface area contributed by atoms with E-state index in [0.717, 1.165) is 23.5 Å². The molecule has 3 heterocycles. The highest BCUT2D eigenvalue weighted by atomic mass is 35.5. The van der Waals surface area contributed by atoms with Crippen molar-refractivity contribution in [2.24, 2.45) is 0 Å². The molecule has 9 nitrogen and oxygen atoms in total. The number of alkyl halides is 3. The molecule has 1 amide bonds. The number of carbonyl (C=O) groups is 1. The first-order valence-electron chi connectivity index (χ1n) is 9.06. The molecular formula is C18H13ClF3N7O2S. The molecule has 0 bridgehead atoms. The molecule has 14 heteroatoms. The van der Waals surface area contributed by atoms with E-state index in [0.29, 0.717) is 21.4 Å². The Hall–Kier alpha value is -3.32. The standard InChI is InChI=1S/C18H13ClF3N7O2S/c19-12-2-1-10(18(20,21)22)5-9(12)6-11-7-23-17(32-11)26-13(30)3-4-14-27-16(29-31-14)15-24-8-25-28-15/h1-2,5,7-8H,3-4,6H2,(H,23,26,30)(H,24,25,28). The molecular weight excluding hydrogens is 471 g/mol. The highest BCUT2D eigenvalue weighted by molar-refractivity contribution is 7.15. The van der Waals surface area contributed by atoms with Crippen LogP contribution in [0.25, 0.3) is 11.6 Å². The zero-order valence-electron chi connectivity index (χ0n) is 16.0. The zero-order chi connectivity index (χ0) is 22.7. The van der Waals surface area contributed by atoms with Gasteiger partial charge in [-0.2, -0.15) is 23.3 Å². The van der Waals surface area contributed by atoms with Crippen LogP contribution in [-0.4, -0.2) is 36.2 Å². The lowest BCUT2D eigenvalue weighted by Crippen LogP contribution is -2.12. The third kappa shape index (κ3) is 5.29. The van der Waals surface area contributed by atoms with Gasteiger partial charge in [0.2, 0.25) is 17.6 Å². The van der Waals surface area contributed by atoms with E-state index >= 15 is 0 Å². The summed E-state index contributed by atoms with van der Waals surface area (Å²) < 4.78 is 43.9. The van der Waals surface area contributed by atoms with Crippen molar-refractivity contribution in [3.05, 3.63) is 57.6 Å². The maximum atomic E-state index is 12.9. The van der Waals surface area contributed by atoms with Gasteiger partial charge in [0.1, 0.15) is 6.33 Å². The molecule has 1 aromatic carbocycles. The fourth-order valence-electron chi connectivity index (χ4n) is 2.69. The first kappa shape index (κ1) is 21.9. The van der Waals surface area contributed by atoms with E-state index in [1.807, 2.05) is 0 Å². The lowest BCUT2D eigenvalue weighted by molar-refractivity contribution is -0.137. The van der Waals surface area contributed by atoms with E-state index in [1.54, 1.807) is 0 Å². The van der Waals surface area contributed by atoms with Crippen molar-refractivity contribution in [1.82, 2.24) is 30.3 Å². The van der Waals surface area contributed by atoms with Crippen LogP contribution in [0.15, 0.2) is 35.2 Å². The quantitative estimate of drug-likeness (QED) is 0.405. The summed E-state index contributed by atoms with van der Waals surface area (Å²) in [5.41, 5.74) is -0.454. The zero-order valence-corrected chi connectivity index (χ0v) is 17.6. The molecule has 4 rings (SSSR count). The van der Waals surface area contributed by atoms with E-state index < -0.39 is 11.7 Å². The van der Waals surface area contributed by atoms with Crippen molar-refractivity contribution in [1.29, 1.82) is 0 Å². The van der Waals surface area contributed by atoms with E-state index in [9.17, 15) is 18.0 Å². The predicted molar refractivity (Wildman–Crippen MR) is 108 cm³/mol. The molecule has 0 unspecified atom stereocenters. The number of halogens is 4. The number of aromatic nitrogens is 6. The van der Waals surface area contributed by atoms with Gasteiger partial charge < -0.3 is 9.84 Å². The third-order valence-electron chi connectivity index (χ3n) is 4.20. The van der Waals surface area contributed by atoms with E-state index in [2.05, 4.69) is 35.6 Å². The molecule has 0 fully saturated rings. The van der Waals surface area contributed by atoms with Crippen LogP contribution >= 0.6 is 22.9 Å². The number of hydrogen-bond acceptors (Lipinski definition) is 8. The lowest BCUT2D eigenvalue weighted by atomic mass is 10.1. The number of anilines is 1. The average Bonchev–Trinajstić information content (AvgIpc) is 3.49. The Morgan fingerprint density at radius 3 is 2.88 bits per heavy atom. The summed E-state index contributed by atoms with van der Waals surface area (Å²) in [6.45, 7) is 0. The van der Waals surface area contributed by atoms with Crippen molar-refractivity contribution in [2.75, 3.05) is 5.32 Å². The van der Waals surface area contributed by atoms with E-state index in [1.165, 1.54) is 18.6 Å². The minimum Gasteiger partial charge on any atom is -0.339 e. The molecule has 0 spiro atoms. The van der Waals surface area contributed by atoms with Crippen LogP contribution in [0.3, 0.4) is 0 Å². The summed E-state index contributed by atoms with van der Waals surface area (Å²) in [6, 6.07) is 3.16. The lowest BCUT2D eigenvalue weighted by Gasteiger charge is -2.09. The van der Waals surface area contributed by atoms with Crippen LogP contribution in [-0.2, 0) is 23.8 Å². The van der Waals surface area contributed by atoms with Crippen molar-refractivity contribution in [3.63, 3.8) is 0 Å². The Bertz CT molecular complexity index is 1220. The SMILES string of the molecule is O=C(CCc1nc(-c2ncn[nH]2)no1)Nc1ncc(Cc2cc(C(F)(F)F)ccc2Cl)s1. The number of aryl methyl sites for hydroxylation is 1. The first-order chi connectivity index (χ1) is 15.3. The molecule has 0 radical (unpaired) electrons. The maximum Gasteiger partial charge on any atom is 0.416 e. The van der Waals surface area contributed by atoms with Gasteiger partial charge in [0, 0.05) is 35.4 Å². The van der Waals surface area contributed by atoms with E-state index in [4.69, 9.17) is 16.1 Å². The van der Waals surface area contributed by atoms with Gasteiger partial charge in [0.15, 0.2) is 11.0 Å². The minimum absolute atomic E-state index is 0.0619. The second-order valence-corrected chi connectivity index (χ2v) is 8.03. The van der Waals surface area contributed by atoms with Crippen molar-refractivity contribution < 1.29 is 22.5 Å². The second-order valence-electron chi connectivity index (χ2n) is 6.51. The Kier molecular flexibility index (Phi) is 6.19. The van der Waals surface area contributed by atoms with Crippen LogP contribution in [0.4, 0.5) is 18.3 Å². The number of thiazole rings is 1. The second kappa shape index (κ2) is 9.04. The summed E-state index contributed by atoms with van der Waals surface area (Å²) in [5, 5.41) is 13.2. The highest BCUT2D eigenvalue weighted by Gasteiger charge is 2.31. The number of H-pyrrole nitrogens is 1. The van der Waals surface area contributed by atoms with Gasteiger partial charge in [-0.15, -0.1) is 11.3 Å². The van der Waals surface area contributed by atoms with Gasteiger partial charge >= 0.3 is 6.18 Å². The minimum atomic E-state index is -4.46. The number of amides is 1. The van der Waals surface area contributed by atoms with Gasteiger partial charge in [-0.3, -0.25) is 9.89 Å². The topological polar surface area (TPSA) is 122 Å². The van der Waals surface area contributed by atoms with Crippen molar-refractivity contribution in [3.8, 4) is 11.6 Å². The Morgan fingerprint density at radius 1 is 1.28 bits per heavy atom. The van der Waals surface area contributed by atoms with E-state index in [-0.39, 0.29) is 41.9 Å². The molecule has 2 N–H and O–H groups in total. The molecule has 166 valence electrons.